The molecule has 0 spiro atoms. The maximum atomic E-state index is 13.1. The number of rotatable bonds is 5. The van der Waals surface area contributed by atoms with Crippen molar-refractivity contribution in [3.05, 3.63) is 66.8 Å². The summed E-state index contributed by atoms with van der Waals surface area (Å²) < 4.78 is 1.98. The van der Waals surface area contributed by atoms with E-state index in [1.165, 1.54) is 0 Å². The Bertz CT molecular complexity index is 1200. The average Bonchev–Trinajstić information content (AvgIpc) is 3.15. The lowest BCUT2D eigenvalue weighted by atomic mass is 9.96. The van der Waals surface area contributed by atoms with Gasteiger partial charge in [0, 0.05) is 42.6 Å². The standard InChI is InChI=1S/C23H25N7O/c1-15-11-17(28-24)14-29(13-15)21-7-9-25-12-20(21)27-23(31)19-6-5-16-8-10-30(22(16)26-19)18-3-2-4-18/h2-10,12,15,17,28H,11,13-14,24H2,1H3,(H,27,31)/t15-,17+/m1/s1. The van der Waals surface area contributed by atoms with Crippen molar-refractivity contribution in [1.29, 1.82) is 0 Å². The number of hydrogen-bond donors (Lipinski definition) is 3. The van der Waals surface area contributed by atoms with Gasteiger partial charge in [-0.1, -0.05) is 13.0 Å². The van der Waals surface area contributed by atoms with E-state index in [-0.39, 0.29) is 11.9 Å². The monoisotopic (exact) mass is 415 g/mol. The first-order valence-corrected chi connectivity index (χ1v) is 10.5. The lowest BCUT2D eigenvalue weighted by Gasteiger charge is -2.38. The van der Waals surface area contributed by atoms with E-state index in [1.54, 1.807) is 18.5 Å². The van der Waals surface area contributed by atoms with Gasteiger partial charge < -0.3 is 14.8 Å². The van der Waals surface area contributed by atoms with Gasteiger partial charge in [0.1, 0.15) is 11.3 Å². The van der Waals surface area contributed by atoms with Gasteiger partial charge >= 0.3 is 0 Å². The third-order valence-corrected chi connectivity index (χ3v) is 5.86. The molecule has 8 heteroatoms. The summed E-state index contributed by atoms with van der Waals surface area (Å²) in [6.45, 7) is 3.87. The summed E-state index contributed by atoms with van der Waals surface area (Å²) in [6.07, 6.45) is 12.4. The summed E-state index contributed by atoms with van der Waals surface area (Å²) in [5.74, 6) is 5.93. The summed E-state index contributed by atoms with van der Waals surface area (Å²) in [6, 6.07) is 7.80. The predicted octanol–water partition coefficient (Wildman–Crippen LogP) is 2.77. The maximum absolute atomic E-state index is 13.1. The number of nitrogens with two attached hydrogens (primary N) is 1. The van der Waals surface area contributed by atoms with Crippen LogP contribution in [-0.2, 0) is 0 Å². The molecule has 2 aliphatic rings. The molecule has 3 aromatic rings. The molecule has 0 aromatic carbocycles. The number of hydrogen-bond acceptors (Lipinski definition) is 6. The quantitative estimate of drug-likeness (QED) is 0.438. The Morgan fingerprint density at radius 1 is 1.23 bits per heavy atom. The van der Waals surface area contributed by atoms with Gasteiger partial charge in [-0.3, -0.25) is 21.0 Å². The van der Waals surface area contributed by atoms with Crippen LogP contribution >= 0.6 is 0 Å². The molecule has 8 nitrogen and oxygen atoms in total. The van der Waals surface area contributed by atoms with Gasteiger partial charge in [-0.15, -0.1) is 0 Å². The lowest BCUT2D eigenvalue weighted by Crippen LogP contribution is -2.51. The Morgan fingerprint density at radius 3 is 2.87 bits per heavy atom. The highest BCUT2D eigenvalue weighted by atomic mass is 16.1. The first-order chi connectivity index (χ1) is 15.1. The van der Waals surface area contributed by atoms with Crippen LogP contribution in [0.1, 0.15) is 23.8 Å². The highest BCUT2D eigenvalue weighted by Gasteiger charge is 2.26. The zero-order valence-corrected chi connectivity index (χ0v) is 17.3. The highest BCUT2D eigenvalue weighted by Crippen LogP contribution is 2.30. The summed E-state index contributed by atoms with van der Waals surface area (Å²) in [4.78, 5) is 24.2. The zero-order chi connectivity index (χ0) is 21.4. The zero-order valence-electron chi connectivity index (χ0n) is 17.3. The number of carbonyl (C=O) groups is 1. The largest absolute Gasteiger partial charge is 0.368 e. The summed E-state index contributed by atoms with van der Waals surface area (Å²) in [5, 5.41) is 4.00. The number of nitrogens with one attached hydrogen (secondary N) is 2. The Labute approximate surface area is 180 Å². The minimum atomic E-state index is -0.263. The van der Waals surface area contributed by atoms with Gasteiger partial charge in [-0.05, 0) is 48.8 Å². The smallest absolute Gasteiger partial charge is 0.274 e. The van der Waals surface area contributed by atoms with E-state index < -0.39 is 0 Å². The van der Waals surface area contributed by atoms with Gasteiger partial charge in [-0.25, -0.2) is 4.98 Å². The SMILES string of the molecule is C[C@@H]1C[C@H](NN)CN(c2ccncc2NC(=O)c2ccc3ccn(C4=CC=C4)c3n2)C1. The van der Waals surface area contributed by atoms with E-state index in [4.69, 9.17) is 5.84 Å². The third kappa shape index (κ3) is 3.71. The number of amides is 1. The van der Waals surface area contributed by atoms with E-state index in [1.807, 2.05) is 47.2 Å². The van der Waals surface area contributed by atoms with Crippen LogP contribution in [0.2, 0.25) is 0 Å². The number of piperidine rings is 1. The van der Waals surface area contributed by atoms with E-state index in [2.05, 4.69) is 32.5 Å². The molecule has 3 aromatic heterocycles. The molecule has 1 aliphatic carbocycles. The van der Waals surface area contributed by atoms with Crippen LogP contribution in [0.15, 0.2) is 61.1 Å². The van der Waals surface area contributed by atoms with Crippen molar-refractivity contribution in [2.75, 3.05) is 23.3 Å². The number of nitrogens with zero attached hydrogens (tertiary/aromatic N) is 4. The number of aromatic nitrogens is 3. The Kier molecular flexibility index (Phi) is 5.01. The van der Waals surface area contributed by atoms with Crippen molar-refractivity contribution < 1.29 is 4.79 Å². The Hall–Kier alpha value is -3.49. The van der Waals surface area contributed by atoms with Crippen LogP contribution in [0.25, 0.3) is 16.7 Å². The summed E-state index contributed by atoms with van der Waals surface area (Å²) in [5.41, 5.74) is 6.67. The van der Waals surface area contributed by atoms with Gasteiger partial charge in [0.2, 0.25) is 0 Å². The van der Waals surface area contributed by atoms with Crippen molar-refractivity contribution in [2.45, 2.75) is 19.4 Å². The van der Waals surface area contributed by atoms with Gasteiger partial charge in [-0.2, -0.15) is 0 Å². The van der Waals surface area contributed by atoms with Crippen LogP contribution < -0.4 is 21.5 Å². The van der Waals surface area contributed by atoms with E-state index in [9.17, 15) is 4.79 Å². The molecule has 158 valence electrons. The molecule has 4 heterocycles. The van der Waals surface area contributed by atoms with Gasteiger partial charge in [0.25, 0.3) is 5.91 Å². The van der Waals surface area contributed by atoms with Crippen LogP contribution in [0.4, 0.5) is 11.4 Å². The fourth-order valence-electron chi connectivity index (χ4n) is 4.30. The Morgan fingerprint density at radius 2 is 2.10 bits per heavy atom. The number of anilines is 2. The van der Waals surface area contributed by atoms with E-state index in [0.717, 1.165) is 41.9 Å². The molecule has 2 atom stereocenters. The second-order valence-corrected chi connectivity index (χ2v) is 8.20. The molecule has 0 unspecified atom stereocenters. The highest BCUT2D eigenvalue weighted by molar-refractivity contribution is 6.05. The molecular formula is C23H25N7O. The first kappa shape index (κ1) is 19.5. The molecule has 1 amide bonds. The van der Waals surface area contributed by atoms with Gasteiger partial charge in [0.15, 0.2) is 0 Å². The molecule has 1 fully saturated rings. The van der Waals surface area contributed by atoms with E-state index in [0.29, 0.717) is 17.3 Å². The van der Waals surface area contributed by atoms with Crippen molar-refractivity contribution in [3.63, 3.8) is 0 Å². The fraction of sp³-hybridized carbons (Fsp3) is 0.261. The van der Waals surface area contributed by atoms with Crippen LogP contribution in [0.5, 0.6) is 0 Å². The van der Waals surface area contributed by atoms with Crippen molar-refractivity contribution >= 4 is 34.0 Å². The van der Waals surface area contributed by atoms with Crippen LogP contribution in [0, 0.1) is 5.92 Å². The normalized spacial score (nSPS) is 20.5. The second-order valence-electron chi connectivity index (χ2n) is 8.20. The summed E-state index contributed by atoms with van der Waals surface area (Å²) >= 11 is 0. The van der Waals surface area contributed by atoms with Crippen LogP contribution in [-0.4, -0.2) is 39.6 Å². The fourth-order valence-corrected chi connectivity index (χ4v) is 4.30. The molecule has 1 saturated heterocycles. The molecule has 0 bridgehead atoms. The van der Waals surface area contributed by atoms with Gasteiger partial charge in [0.05, 0.1) is 17.6 Å². The maximum Gasteiger partial charge on any atom is 0.274 e. The number of fused-ring (bicyclic) bond motifs is 1. The number of pyridine rings is 2. The van der Waals surface area contributed by atoms with Crippen LogP contribution in [0.3, 0.4) is 0 Å². The molecule has 0 radical (unpaired) electrons. The molecule has 4 N–H and O–H groups in total. The Balaban J connectivity index is 1.41. The molecule has 0 saturated carbocycles. The third-order valence-electron chi connectivity index (χ3n) is 5.86. The number of carbonyl (C=O) groups excluding carboxylic acids is 1. The molecule has 31 heavy (non-hydrogen) atoms. The first-order valence-electron chi connectivity index (χ1n) is 10.5. The summed E-state index contributed by atoms with van der Waals surface area (Å²) in [7, 11) is 0. The molecular weight excluding hydrogens is 390 g/mol. The van der Waals surface area contributed by atoms with Crippen molar-refractivity contribution in [1.82, 2.24) is 20.0 Å². The predicted molar refractivity (Wildman–Crippen MR) is 122 cm³/mol. The second kappa shape index (κ2) is 7.98. The minimum absolute atomic E-state index is 0.201. The van der Waals surface area contributed by atoms with Crippen molar-refractivity contribution in [3.8, 4) is 0 Å². The molecule has 1 aliphatic heterocycles. The number of allylic oxidation sites excluding steroid dienone is 4. The molecule has 5 rings (SSSR count). The average molecular weight is 416 g/mol. The van der Waals surface area contributed by atoms with Crippen molar-refractivity contribution in [2.24, 2.45) is 11.8 Å². The number of hydrazine groups is 1. The topological polar surface area (TPSA) is 101 Å². The lowest BCUT2D eigenvalue weighted by molar-refractivity contribution is 0.102. The minimum Gasteiger partial charge on any atom is -0.368 e. The van der Waals surface area contributed by atoms with E-state index >= 15 is 0 Å².